The van der Waals surface area contributed by atoms with Gasteiger partial charge in [0.1, 0.15) is 5.75 Å². The largest absolute Gasteiger partial charge is 0.495 e. The van der Waals surface area contributed by atoms with Gasteiger partial charge in [-0.25, -0.2) is 0 Å². The van der Waals surface area contributed by atoms with Crippen molar-refractivity contribution >= 4 is 41.5 Å². The molecule has 0 aromatic heterocycles. The summed E-state index contributed by atoms with van der Waals surface area (Å²) in [5.74, 6) is 2.40. The number of rotatable bonds is 10. The van der Waals surface area contributed by atoms with E-state index in [0.717, 1.165) is 63.1 Å². The van der Waals surface area contributed by atoms with Crippen LogP contribution in [0.4, 0.5) is 5.69 Å². The molecule has 1 unspecified atom stereocenters. The Bertz CT molecular complexity index is 667. The number of hydrogen-bond donors (Lipinski definition) is 2. The number of methoxy groups -OCH3 is 1. The second-order valence-electron chi connectivity index (χ2n) is 7.23. The molecule has 1 saturated heterocycles. The highest BCUT2D eigenvalue weighted by Gasteiger charge is 2.24. The summed E-state index contributed by atoms with van der Waals surface area (Å²) in [5.41, 5.74) is 1.15. The molecule has 0 aliphatic carbocycles. The molecule has 0 bridgehead atoms. The molecule has 0 saturated carbocycles. The number of nitrogens with one attached hydrogen (secondary N) is 2. The first-order valence-corrected chi connectivity index (χ1v) is 10.8. The van der Waals surface area contributed by atoms with Crippen molar-refractivity contribution in [3.05, 3.63) is 24.3 Å². The van der Waals surface area contributed by atoms with Crippen molar-refractivity contribution in [3.63, 3.8) is 0 Å². The number of carbonyl (C=O) groups is 1. The Morgan fingerprint density at radius 3 is 2.63 bits per heavy atom. The van der Waals surface area contributed by atoms with E-state index in [2.05, 4.69) is 34.6 Å². The van der Waals surface area contributed by atoms with Crippen LogP contribution in [0.15, 0.2) is 29.3 Å². The van der Waals surface area contributed by atoms with Gasteiger partial charge in [0.25, 0.3) is 0 Å². The number of anilines is 1. The number of halogens is 1. The Morgan fingerprint density at radius 1 is 1.23 bits per heavy atom. The number of hydrogen-bond acceptors (Lipinski definition) is 4. The fourth-order valence-electron chi connectivity index (χ4n) is 3.68. The average Bonchev–Trinajstić information content (AvgIpc) is 3.21. The van der Waals surface area contributed by atoms with E-state index in [1.54, 1.807) is 7.11 Å². The lowest BCUT2D eigenvalue weighted by Gasteiger charge is -2.21. The lowest BCUT2D eigenvalue weighted by molar-refractivity contribution is -0.130. The monoisotopic (exact) mass is 531 g/mol. The van der Waals surface area contributed by atoms with E-state index in [9.17, 15) is 4.79 Å². The first kappa shape index (κ1) is 26.3. The van der Waals surface area contributed by atoms with Crippen molar-refractivity contribution in [2.24, 2.45) is 10.9 Å². The van der Waals surface area contributed by atoms with Crippen LogP contribution in [0, 0.1) is 5.92 Å². The summed E-state index contributed by atoms with van der Waals surface area (Å²) < 4.78 is 5.50. The van der Waals surface area contributed by atoms with E-state index in [0.29, 0.717) is 18.9 Å². The number of guanidine groups is 1. The van der Waals surface area contributed by atoms with Crippen LogP contribution in [0.1, 0.15) is 33.6 Å². The zero-order valence-electron chi connectivity index (χ0n) is 18.8. The summed E-state index contributed by atoms with van der Waals surface area (Å²) in [6, 6.07) is 8.17. The van der Waals surface area contributed by atoms with Gasteiger partial charge in [0, 0.05) is 52.2 Å². The van der Waals surface area contributed by atoms with E-state index >= 15 is 0 Å². The predicted octanol–water partition coefficient (Wildman–Crippen LogP) is 2.95. The number of aliphatic imine (C=N–C) groups is 1. The Hall–Kier alpha value is -1.71. The van der Waals surface area contributed by atoms with Gasteiger partial charge in [-0.05, 0) is 45.2 Å². The van der Waals surface area contributed by atoms with Gasteiger partial charge in [-0.3, -0.25) is 9.79 Å². The van der Waals surface area contributed by atoms with Gasteiger partial charge in [0.05, 0.1) is 12.8 Å². The second-order valence-corrected chi connectivity index (χ2v) is 7.23. The molecule has 0 radical (unpaired) electrons. The maximum atomic E-state index is 12.1. The molecule has 1 heterocycles. The molecule has 2 rings (SSSR count). The number of nitrogens with zero attached hydrogens (tertiary/aromatic N) is 3. The highest BCUT2D eigenvalue weighted by molar-refractivity contribution is 14.0. The zero-order chi connectivity index (χ0) is 21.1. The first-order chi connectivity index (χ1) is 14.1. The molecule has 8 heteroatoms. The molecule has 1 aliphatic heterocycles. The van der Waals surface area contributed by atoms with Crippen molar-refractivity contribution in [2.45, 2.75) is 33.6 Å². The lowest BCUT2D eigenvalue weighted by Crippen LogP contribution is -2.40. The number of carbonyl (C=O) groups excluding carboxylic acids is 1. The summed E-state index contributed by atoms with van der Waals surface area (Å²) in [6.07, 6.45) is 1.60. The average molecular weight is 531 g/mol. The van der Waals surface area contributed by atoms with Crippen LogP contribution >= 0.6 is 24.0 Å². The topological polar surface area (TPSA) is 69.2 Å². The Morgan fingerprint density at radius 2 is 1.97 bits per heavy atom. The Labute approximate surface area is 198 Å². The van der Waals surface area contributed by atoms with Crippen LogP contribution in [0.3, 0.4) is 0 Å². The van der Waals surface area contributed by atoms with Crippen LogP contribution < -0.4 is 20.3 Å². The standard InChI is InChI=1S/C22H37N5O2.HI/c1-5-23-22(24-14-12-21(28)26(6-2)7-3)25-16-18-13-15-27(17-18)19-10-8-9-11-20(19)29-4;/h8-11,18H,5-7,12-17H2,1-4H3,(H2,23,24,25);1H. The molecule has 7 nitrogen and oxygen atoms in total. The molecule has 30 heavy (non-hydrogen) atoms. The van der Waals surface area contributed by atoms with Gasteiger partial charge in [-0.1, -0.05) is 12.1 Å². The van der Waals surface area contributed by atoms with E-state index in [-0.39, 0.29) is 29.9 Å². The van der Waals surface area contributed by atoms with Crippen LogP contribution in [0.2, 0.25) is 0 Å². The minimum atomic E-state index is 0. The normalized spacial score (nSPS) is 16.1. The van der Waals surface area contributed by atoms with Crippen molar-refractivity contribution < 1.29 is 9.53 Å². The highest BCUT2D eigenvalue weighted by atomic mass is 127. The third-order valence-electron chi connectivity index (χ3n) is 5.31. The lowest BCUT2D eigenvalue weighted by atomic mass is 10.1. The van der Waals surface area contributed by atoms with Gasteiger partial charge in [-0.15, -0.1) is 24.0 Å². The molecular weight excluding hydrogens is 493 g/mol. The maximum absolute atomic E-state index is 12.1. The highest BCUT2D eigenvalue weighted by Crippen LogP contribution is 2.31. The van der Waals surface area contributed by atoms with Gasteiger partial charge < -0.3 is 25.2 Å². The first-order valence-electron chi connectivity index (χ1n) is 10.8. The van der Waals surface area contributed by atoms with Crippen LogP contribution in [0.5, 0.6) is 5.75 Å². The maximum Gasteiger partial charge on any atom is 0.224 e. The fraction of sp³-hybridized carbons (Fsp3) is 0.636. The smallest absolute Gasteiger partial charge is 0.224 e. The van der Waals surface area contributed by atoms with Crippen molar-refractivity contribution in [1.29, 1.82) is 0 Å². The SMILES string of the molecule is CCNC(=NCC1CCN(c2ccccc2OC)C1)NCCC(=O)N(CC)CC.I. The third-order valence-corrected chi connectivity index (χ3v) is 5.31. The van der Waals surface area contributed by atoms with E-state index in [1.165, 1.54) is 0 Å². The van der Waals surface area contributed by atoms with Gasteiger partial charge >= 0.3 is 0 Å². The summed E-state index contributed by atoms with van der Waals surface area (Å²) in [4.78, 5) is 21.1. The quantitative estimate of drug-likeness (QED) is 0.276. The minimum Gasteiger partial charge on any atom is -0.495 e. The summed E-state index contributed by atoms with van der Waals surface area (Å²) in [5, 5.41) is 6.58. The van der Waals surface area contributed by atoms with Crippen LogP contribution in [-0.4, -0.2) is 69.7 Å². The van der Waals surface area contributed by atoms with Gasteiger partial charge in [-0.2, -0.15) is 0 Å². The molecule has 170 valence electrons. The van der Waals surface area contributed by atoms with Gasteiger partial charge in [0.15, 0.2) is 5.96 Å². The molecule has 1 aromatic rings. The number of para-hydroxylation sites is 2. The molecule has 1 aromatic carbocycles. The summed E-state index contributed by atoms with van der Waals surface area (Å²) >= 11 is 0. The number of benzene rings is 1. The molecule has 1 amide bonds. The van der Waals surface area contributed by atoms with Crippen molar-refractivity contribution in [2.75, 3.05) is 57.8 Å². The number of amides is 1. The molecule has 1 aliphatic rings. The Kier molecular flexibility index (Phi) is 12.6. The second kappa shape index (κ2) is 14.3. The zero-order valence-corrected chi connectivity index (χ0v) is 21.1. The molecular formula is C22H38IN5O2. The molecule has 1 atom stereocenters. The van der Waals surface area contributed by atoms with E-state index in [4.69, 9.17) is 9.73 Å². The number of ether oxygens (including phenoxy) is 1. The molecule has 0 spiro atoms. The Balaban J connectivity index is 0.00000450. The fourth-order valence-corrected chi connectivity index (χ4v) is 3.68. The minimum absolute atomic E-state index is 0. The summed E-state index contributed by atoms with van der Waals surface area (Å²) in [7, 11) is 1.72. The van der Waals surface area contributed by atoms with Crippen LogP contribution in [-0.2, 0) is 4.79 Å². The van der Waals surface area contributed by atoms with E-state index < -0.39 is 0 Å². The van der Waals surface area contributed by atoms with Crippen LogP contribution in [0.25, 0.3) is 0 Å². The molecule has 1 fully saturated rings. The van der Waals surface area contributed by atoms with Crippen molar-refractivity contribution in [3.8, 4) is 5.75 Å². The molecule has 2 N–H and O–H groups in total. The predicted molar refractivity (Wildman–Crippen MR) is 135 cm³/mol. The van der Waals surface area contributed by atoms with Gasteiger partial charge in [0.2, 0.25) is 5.91 Å². The summed E-state index contributed by atoms with van der Waals surface area (Å²) in [6.45, 7) is 11.7. The van der Waals surface area contributed by atoms with Crippen molar-refractivity contribution in [1.82, 2.24) is 15.5 Å². The third kappa shape index (κ3) is 7.85. The van der Waals surface area contributed by atoms with E-state index in [1.807, 2.05) is 30.9 Å².